The number of halogens is 1. The molecule has 0 aliphatic rings. The lowest BCUT2D eigenvalue weighted by Gasteiger charge is -2.21. The average Bonchev–Trinajstić information content (AvgIpc) is 2.88. The lowest BCUT2D eigenvalue weighted by atomic mass is 10.3. The molecule has 0 atom stereocenters. The number of aryl methyl sites for hydroxylation is 1. The van der Waals surface area contributed by atoms with Crippen LogP contribution >= 0.6 is 15.9 Å². The Morgan fingerprint density at radius 1 is 1.32 bits per heavy atom. The molecule has 102 valence electrons. The summed E-state index contributed by atoms with van der Waals surface area (Å²) in [5.74, 6) is 2.75. The van der Waals surface area contributed by atoms with Gasteiger partial charge in [-0.2, -0.15) is 0 Å². The fraction of sp³-hybridized carbons (Fsp3) is 0.429. The van der Waals surface area contributed by atoms with E-state index in [-0.39, 0.29) is 0 Å². The molecule has 2 aromatic heterocycles. The minimum absolute atomic E-state index is 0.721. The number of nitrogens with zero attached hydrogens (tertiary/aromatic N) is 3. The Morgan fingerprint density at radius 2 is 2.16 bits per heavy atom. The molecule has 4 nitrogen and oxygen atoms in total. The third-order valence-corrected chi connectivity index (χ3v) is 3.24. The quantitative estimate of drug-likeness (QED) is 0.758. The zero-order valence-corrected chi connectivity index (χ0v) is 12.9. The third-order valence-electron chi connectivity index (χ3n) is 2.83. The van der Waals surface area contributed by atoms with Gasteiger partial charge in [0.25, 0.3) is 0 Å². The van der Waals surface area contributed by atoms with E-state index in [0.29, 0.717) is 0 Å². The molecule has 0 fully saturated rings. The SMILES string of the molecule is CCCc1nc(Br)cc(N(CC)Cc2ccco2)n1. The van der Waals surface area contributed by atoms with E-state index in [4.69, 9.17) is 4.42 Å². The van der Waals surface area contributed by atoms with E-state index < -0.39 is 0 Å². The van der Waals surface area contributed by atoms with Crippen molar-refractivity contribution >= 4 is 21.7 Å². The Labute approximate surface area is 122 Å². The summed E-state index contributed by atoms with van der Waals surface area (Å²) in [5.41, 5.74) is 0. The van der Waals surface area contributed by atoms with Crippen LogP contribution in [0.2, 0.25) is 0 Å². The van der Waals surface area contributed by atoms with Gasteiger partial charge in [0.2, 0.25) is 0 Å². The van der Waals surface area contributed by atoms with Crippen LogP contribution in [0.4, 0.5) is 5.82 Å². The number of hydrogen-bond donors (Lipinski definition) is 0. The predicted octanol–water partition coefficient (Wildman–Crippen LogP) is 3.81. The van der Waals surface area contributed by atoms with Crippen LogP contribution in [0.3, 0.4) is 0 Å². The molecule has 0 spiro atoms. The van der Waals surface area contributed by atoms with Gasteiger partial charge >= 0.3 is 0 Å². The van der Waals surface area contributed by atoms with E-state index in [1.165, 1.54) is 0 Å². The Balaban J connectivity index is 2.21. The summed E-state index contributed by atoms with van der Waals surface area (Å²) in [6.45, 7) is 5.83. The average molecular weight is 324 g/mol. The number of aromatic nitrogens is 2. The normalized spacial score (nSPS) is 10.7. The van der Waals surface area contributed by atoms with Crippen molar-refractivity contribution in [1.29, 1.82) is 0 Å². The fourth-order valence-corrected chi connectivity index (χ4v) is 2.30. The van der Waals surface area contributed by atoms with E-state index in [1.54, 1.807) is 6.26 Å². The first-order chi connectivity index (χ1) is 9.22. The Morgan fingerprint density at radius 3 is 2.79 bits per heavy atom. The monoisotopic (exact) mass is 323 g/mol. The first kappa shape index (κ1) is 14.1. The summed E-state index contributed by atoms with van der Waals surface area (Å²) >= 11 is 3.46. The van der Waals surface area contributed by atoms with Crippen molar-refractivity contribution in [2.24, 2.45) is 0 Å². The van der Waals surface area contributed by atoms with Crippen LogP contribution in [0.25, 0.3) is 0 Å². The number of anilines is 1. The zero-order chi connectivity index (χ0) is 13.7. The van der Waals surface area contributed by atoms with Crippen molar-refractivity contribution in [2.45, 2.75) is 33.2 Å². The van der Waals surface area contributed by atoms with E-state index in [2.05, 4.69) is 44.6 Å². The highest BCUT2D eigenvalue weighted by Crippen LogP contribution is 2.19. The summed E-state index contributed by atoms with van der Waals surface area (Å²) in [6.07, 6.45) is 3.63. The lowest BCUT2D eigenvalue weighted by molar-refractivity contribution is 0.502. The molecule has 2 heterocycles. The zero-order valence-electron chi connectivity index (χ0n) is 11.3. The lowest BCUT2D eigenvalue weighted by Crippen LogP contribution is -2.23. The first-order valence-corrected chi connectivity index (χ1v) is 7.33. The minimum atomic E-state index is 0.721. The van der Waals surface area contributed by atoms with Gasteiger partial charge in [-0.15, -0.1) is 0 Å². The maximum atomic E-state index is 5.40. The molecule has 0 unspecified atom stereocenters. The van der Waals surface area contributed by atoms with E-state index in [0.717, 1.165) is 47.9 Å². The molecule has 0 radical (unpaired) electrons. The molecular weight excluding hydrogens is 306 g/mol. The molecule has 0 N–H and O–H groups in total. The first-order valence-electron chi connectivity index (χ1n) is 6.53. The highest BCUT2D eigenvalue weighted by molar-refractivity contribution is 9.10. The number of hydrogen-bond acceptors (Lipinski definition) is 4. The second-order valence-corrected chi connectivity index (χ2v) is 5.12. The van der Waals surface area contributed by atoms with Crippen molar-refractivity contribution < 1.29 is 4.42 Å². The summed E-state index contributed by atoms with van der Waals surface area (Å²) in [5, 5.41) is 0. The van der Waals surface area contributed by atoms with Gasteiger partial charge in [0.15, 0.2) is 0 Å². The molecule has 5 heteroatoms. The van der Waals surface area contributed by atoms with Gasteiger partial charge in [-0.05, 0) is 41.4 Å². The van der Waals surface area contributed by atoms with Gasteiger partial charge in [-0.3, -0.25) is 0 Å². The second kappa shape index (κ2) is 6.70. The molecule has 0 aliphatic heterocycles. The molecule has 0 bridgehead atoms. The van der Waals surface area contributed by atoms with Crippen molar-refractivity contribution in [2.75, 3.05) is 11.4 Å². The van der Waals surface area contributed by atoms with E-state index in [1.807, 2.05) is 18.2 Å². The highest BCUT2D eigenvalue weighted by Gasteiger charge is 2.11. The van der Waals surface area contributed by atoms with Gasteiger partial charge in [-0.25, -0.2) is 9.97 Å². The summed E-state index contributed by atoms with van der Waals surface area (Å²) < 4.78 is 6.23. The molecule has 2 rings (SSSR count). The van der Waals surface area contributed by atoms with Crippen LogP contribution in [0, 0.1) is 0 Å². The maximum absolute atomic E-state index is 5.40. The molecule has 2 aromatic rings. The van der Waals surface area contributed by atoms with Crippen molar-refractivity contribution in [3.05, 3.63) is 40.7 Å². The van der Waals surface area contributed by atoms with Gasteiger partial charge in [0.05, 0.1) is 12.8 Å². The van der Waals surface area contributed by atoms with Gasteiger partial charge in [0, 0.05) is 19.0 Å². The van der Waals surface area contributed by atoms with E-state index >= 15 is 0 Å². The van der Waals surface area contributed by atoms with Crippen LogP contribution in [0.1, 0.15) is 31.9 Å². The summed E-state index contributed by atoms with van der Waals surface area (Å²) in [7, 11) is 0. The third kappa shape index (κ3) is 3.80. The summed E-state index contributed by atoms with van der Waals surface area (Å²) in [4.78, 5) is 11.2. The number of rotatable bonds is 6. The number of furan rings is 1. The Kier molecular flexibility index (Phi) is 4.96. The molecule has 0 saturated heterocycles. The molecule has 0 aliphatic carbocycles. The molecule has 0 saturated carbocycles. The van der Waals surface area contributed by atoms with Gasteiger partial charge < -0.3 is 9.32 Å². The topological polar surface area (TPSA) is 42.2 Å². The van der Waals surface area contributed by atoms with Crippen molar-refractivity contribution in [1.82, 2.24) is 9.97 Å². The van der Waals surface area contributed by atoms with E-state index in [9.17, 15) is 0 Å². The van der Waals surface area contributed by atoms with Crippen molar-refractivity contribution in [3.63, 3.8) is 0 Å². The minimum Gasteiger partial charge on any atom is -0.467 e. The molecule has 19 heavy (non-hydrogen) atoms. The largest absolute Gasteiger partial charge is 0.467 e. The molecular formula is C14H18BrN3O. The highest BCUT2D eigenvalue weighted by atomic mass is 79.9. The predicted molar refractivity (Wildman–Crippen MR) is 79.2 cm³/mol. The Bertz CT molecular complexity index is 513. The van der Waals surface area contributed by atoms with Crippen molar-refractivity contribution in [3.8, 4) is 0 Å². The van der Waals surface area contributed by atoms with Gasteiger partial charge in [-0.1, -0.05) is 6.92 Å². The van der Waals surface area contributed by atoms with Gasteiger partial charge in [0.1, 0.15) is 22.0 Å². The van der Waals surface area contributed by atoms with Crippen LogP contribution in [0.15, 0.2) is 33.5 Å². The van der Waals surface area contributed by atoms with Crippen LogP contribution in [-0.4, -0.2) is 16.5 Å². The standard InChI is InChI=1S/C14H18BrN3O/c1-3-6-13-16-12(15)9-14(17-13)18(4-2)10-11-7-5-8-19-11/h5,7-9H,3-4,6,10H2,1-2H3. The maximum Gasteiger partial charge on any atom is 0.133 e. The fourth-order valence-electron chi connectivity index (χ4n) is 1.89. The van der Waals surface area contributed by atoms with Crippen LogP contribution in [-0.2, 0) is 13.0 Å². The second-order valence-electron chi connectivity index (χ2n) is 4.31. The Hall–Kier alpha value is -1.36. The molecule has 0 aromatic carbocycles. The van der Waals surface area contributed by atoms with Crippen LogP contribution in [0.5, 0.6) is 0 Å². The molecule has 0 amide bonds. The van der Waals surface area contributed by atoms with Crippen LogP contribution < -0.4 is 4.90 Å². The smallest absolute Gasteiger partial charge is 0.133 e. The summed E-state index contributed by atoms with van der Waals surface area (Å²) in [6, 6.07) is 5.83.